The summed E-state index contributed by atoms with van der Waals surface area (Å²) in [5.41, 5.74) is 0. The van der Waals surface area contributed by atoms with E-state index in [9.17, 15) is 0 Å². The van der Waals surface area contributed by atoms with Gasteiger partial charge in [-0.25, -0.2) is 0 Å². The highest BCUT2D eigenvalue weighted by atomic mass is 16.5. The van der Waals surface area contributed by atoms with Gasteiger partial charge in [0.25, 0.3) is 0 Å². The van der Waals surface area contributed by atoms with Crippen LogP contribution >= 0.6 is 0 Å². The average Bonchev–Trinajstić information content (AvgIpc) is 2.51. The van der Waals surface area contributed by atoms with E-state index in [2.05, 4.69) is 49.0 Å². The molecule has 132 valence electrons. The molecule has 0 aromatic carbocycles. The van der Waals surface area contributed by atoms with Crippen LogP contribution in [0.1, 0.15) is 27.7 Å². The molecule has 0 aliphatic carbocycles. The zero-order valence-electron chi connectivity index (χ0n) is 14.8. The summed E-state index contributed by atoms with van der Waals surface area (Å²) in [5, 5.41) is 14.0. The highest BCUT2D eigenvalue weighted by Gasteiger charge is 2.12. The highest BCUT2D eigenvalue weighted by molar-refractivity contribution is 4.75. The summed E-state index contributed by atoms with van der Waals surface area (Å²) >= 11 is 0. The predicted octanol–water partition coefficient (Wildman–Crippen LogP) is -0.0544. The minimum atomic E-state index is 0.420. The van der Waals surface area contributed by atoms with Crippen molar-refractivity contribution < 1.29 is 9.47 Å². The van der Waals surface area contributed by atoms with Gasteiger partial charge in [-0.1, -0.05) is 0 Å². The summed E-state index contributed by atoms with van der Waals surface area (Å²) in [4.78, 5) is 0. The first-order valence-electron chi connectivity index (χ1n) is 8.70. The summed E-state index contributed by atoms with van der Waals surface area (Å²) < 4.78 is 11.3. The fourth-order valence-electron chi connectivity index (χ4n) is 2.35. The van der Waals surface area contributed by atoms with E-state index in [0.717, 1.165) is 52.6 Å². The molecule has 0 aromatic heterocycles. The van der Waals surface area contributed by atoms with Crippen LogP contribution in [0.15, 0.2) is 0 Å². The molecule has 1 saturated heterocycles. The van der Waals surface area contributed by atoms with Gasteiger partial charge in [0.15, 0.2) is 0 Å². The smallest absolute Gasteiger partial charge is 0.0591 e. The lowest BCUT2D eigenvalue weighted by molar-refractivity contribution is 0.123. The third-order valence-corrected chi connectivity index (χ3v) is 4.35. The van der Waals surface area contributed by atoms with Gasteiger partial charge >= 0.3 is 0 Å². The number of hydrogen-bond acceptors (Lipinski definition) is 6. The van der Waals surface area contributed by atoms with Crippen molar-refractivity contribution in [3.05, 3.63) is 0 Å². The highest BCUT2D eigenvalue weighted by Crippen LogP contribution is 1.93. The Balaban J connectivity index is 2.31. The van der Waals surface area contributed by atoms with Crippen LogP contribution in [0.3, 0.4) is 0 Å². The molecule has 22 heavy (non-hydrogen) atoms. The van der Waals surface area contributed by atoms with Crippen LogP contribution in [0.4, 0.5) is 0 Å². The molecule has 0 aromatic rings. The van der Waals surface area contributed by atoms with Crippen LogP contribution in [0.5, 0.6) is 0 Å². The summed E-state index contributed by atoms with van der Waals surface area (Å²) in [5.74, 6) is 0. The number of rotatable bonds is 0. The number of nitrogens with one attached hydrogen (secondary N) is 4. The van der Waals surface area contributed by atoms with E-state index < -0.39 is 0 Å². The second-order valence-electron chi connectivity index (χ2n) is 6.20. The lowest BCUT2D eigenvalue weighted by Gasteiger charge is -2.24. The molecule has 0 bridgehead atoms. The maximum Gasteiger partial charge on any atom is 0.0591 e. The van der Waals surface area contributed by atoms with Gasteiger partial charge in [0.2, 0.25) is 0 Å². The molecular formula is C16H36N4O2. The molecule has 4 unspecified atom stereocenters. The molecule has 1 fully saturated rings. The molecule has 0 amide bonds. The number of hydrogen-bond donors (Lipinski definition) is 4. The number of ether oxygens (including phenoxy) is 2. The molecule has 4 atom stereocenters. The normalized spacial score (nSPS) is 35.5. The molecular weight excluding hydrogens is 280 g/mol. The molecule has 1 heterocycles. The molecule has 1 aliphatic rings. The van der Waals surface area contributed by atoms with E-state index in [1.165, 1.54) is 0 Å². The zero-order chi connectivity index (χ0) is 16.2. The largest absolute Gasteiger partial charge is 0.379 e. The van der Waals surface area contributed by atoms with Gasteiger partial charge in [-0.3, -0.25) is 0 Å². The van der Waals surface area contributed by atoms with E-state index in [-0.39, 0.29) is 0 Å². The lowest BCUT2D eigenvalue weighted by Crippen LogP contribution is -2.47. The Bertz CT molecular complexity index is 219. The Morgan fingerprint density at radius 3 is 0.955 bits per heavy atom. The zero-order valence-corrected chi connectivity index (χ0v) is 14.8. The SMILES string of the molecule is CC1NCCOCCNC(C)C(C)NCCOCCNC1C. The first kappa shape index (κ1) is 19.8. The van der Waals surface area contributed by atoms with Gasteiger partial charge in [-0.15, -0.1) is 0 Å². The molecule has 0 radical (unpaired) electrons. The third kappa shape index (κ3) is 9.02. The van der Waals surface area contributed by atoms with Gasteiger partial charge in [0, 0.05) is 50.3 Å². The minimum absolute atomic E-state index is 0.420. The quantitative estimate of drug-likeness (QED) is 0.502. The van der Waals surface area contributed by atoms with E-state index in [1.807, 2.05) is 0 Å². The van der Waals surface area contributed by atoms with Gasteiger partial charge in [0.1, 0.15) is 0 Å². The van der Waals surface area contributed by atoms with Gasteiger partial charge < -0.3 is 30.7 Å². The van der Waals surface area contributed by atoms with E-state index >= 15 is 0 Å². The minimum Gasteiger partial charge on any atom is -0.379 e. The Hall–Kier alpha value is -0.240. The van der Waals surface area contributed by atoms with Crippen LogP contribution < -0.4 is 21.3 Å². The van der Waals surface area contributed by atoms with Crippen molar-refractivity contribution in [2.24, 2.45) is 0 Å². The van der Waals surface area contributed by atoms with Crippen molar-refractivity contribution >= 4 is 0 Å². The van der Waals surface area contributed by atoms with E-state index in [0.29, 0.717) is 24.2 Å². The second kappa shape index (κ2) is 12.2. The van der Waals surface area contributed by atoms with Crippen molar-refractivity contribution in [2.45, 2.75) is 51.9 Å². The van der Waals surface area contributed by atoms with Gasteiger partial charge in [0.05, 0.1) is 26.4 Å². The summed E-state index contributed by atoms with van der Waals surface area (Å²) in [6.07, 6.45) is 0. The monoisotopic (exact) mass is 316 g/mol. The second-order valence-corrected chi connectivity index (χ2v) is 6.20. The molecule has 1 aliphatic heterocycles. The average molecular weight is 316 g/mol. The van der Waals surface area contributed by atoms with Crippen LogP contribution in [-0.2, 0) is 9.47 Å². The summed E-state index contributed by atoms with van der Waals surface area (Å²) in [7, 11) is 0. The van der Waals surface area contributed by atoms with Crippen molar-refractivity contribution in [1.82, 2.24) is 21.3 Å². The maximum absolute atomic E-state index is 5.66. The van der Waals surface area contributed by atoms with Crippen LogP contribution in [0.25, 0.3) is 0 Å². The molecule has 6 nitrogen and oxygen atoms in total. The lowest BCUT2D eigenvalue weighted by atomic mass is 10.1. The predicted molar refractivity (Wildman–Crippen MR) is 91.5 cm³/mol. The maximum atomic E-state index is 5.66. The Kier molecular flexibility index (Phi) is 11.0. The Labute approximate surface area is 136 Å². The van der Waals surface area contributed by atoms with E-state index in [4.69, 9.17) is 9.47 Å². The molecule has 6 heteroatoms. The Morgan fingerprint density at radius 2 is 0.727 bits per heavy atom. The molecule has 0 spiro atoms. The molecule has 4 N–H and O–H groups in total. The summed E-state index contributed by atoms with van der Waals surface area (Å²) in [6, 6.07) is 1.68. The fraction of sp³-hybridized carbons (Fsp3) is 1.00. The first-order chi connectivity index (χ1) is 10.6. The van der Waals surface area contributed by atoms with Gasteiger partial charge in [-0.05, 0) is 27.7 Å². The Morgan fingerprint density at radius 1 is 0.500 bits per heavy atom. The van der Waals surface area contributed by atoms with Crippen molar-refractivity contribution in [3.8, 4) is 0 Å². The molecule has 0 saturated carbocycles. The van der Waals surface area contributed by atoms with Crippen molar-refractivity contribution in [1.29, 1.82) is 0 Å². The van der Waals surface area contributed by atoms with Crippen LogP contribution in [0.2, 0.25) is 0 Å². The molecule has 1 rings (SSSR count). The first-order valence-corrected chi connectivity index (χ1v) is 8.70. The van der Waals surface area contributed by atoms with Crippen molar-refractivity contribution in [3.63, 3.8) is 0 Å². The van der Waals surface area contributed by atoms with Crippen molar-refractivity contribution in [2.75, 3.05) is 52.6 Å². The summed E-state index contributed by atoms with van der Waals surface area (Å²) in [6.45, 7) is 15.4. The van der Waals surface area contributed by atoms with Crippen LogP contribution in [-0.4, -0.2) is 76.8 Å². The standard InChI is InChI=1S/C16H36N4O2/c1-13-14(2)18-6-10-22-12-8-20-16(4)15(3)19-7-11-21-9-5-17-13/h13-20H,5-12H2,1-4H3. The fourth-order valence-corrected chi connectivity index (χ4v) is 2.35. The topological polar surface area (TPSA) is 66.6 Å². The third-order valence-electron chi connectivity index (χ3n) is 4.35. The van der Waals surface area contributed by atoms with Gasteiger partial charge in [-0.2, -0.15) is 0 Å². The van der Waals surface area contributed by atoms with Crippen LogP contribution in [0, 0.1) is 0 Å². The van der Waals surface area contributed by atoms with E-state index in [1.54, 1.807) is 0 Å².